The van der Waals surface area contributed by atoms with Crippen LogP contribution in [0.3, 0.4) is 0 Å². The molecule has 2 aromatic rings. The SMILES string of the molecule is c1[nH]cc2c1C1CCC2c2c[nH]cc21. The van der Waals surface area contributed by atoms with Crippen LogP contribution in [0.5, 0.6) is 0 Å². The van der Waals surface area contributed by atoms with Crippen LogP contribution in [0.25, 0.3) is 0 Å². The Bertz CT molecular complexity index is 409. The summed E-state index contributed by atoms with van der Waals surface area (Å²) >= 11 is 0. The summed E-state index contributed by atoms with van der Waals surface area (Å²) in [5.74, 6) is 1.31. The lowest BCUT2D eigenvalue weighted by Crippen LogP contribution is -2.21. The van der Waals surface area contributed by atoms with Crippen LogP contribution in [0.15, 0.2) is 24.8 Å². The van der Waals surface area contributed by atoms with Crippen molar-refractivity contribution in [3.63, 3.8) is 0 Å². The summed E-state index contributed by atoms with van der Waals surface area (Å²) in [4.78, 5) is 6.51. The van der Waals surface area contributed by atoms with Crippen molar-refractivity contribution in [2.45, 2.75) is 24.7 Å². The van der Waals surface area contributed by atoms with Crippen LogP contribution in [-0.4, -0.2) is 9.97 Å². The first-order chi connectivity index (χ1) is 6.95. The second-order valence-electron chi connectivity index (χ2n) is 4.41. The summed E-state index contributed by atoms with van der Waals surface area (Å²) in [6, 6.07) is 0. The van der Waals surface area contributed by atoms with Crippen molar-refractivity contribution in [3.05, 3.63) is 47.0 Å². The van der Waals surface area contributed by atoms with Crippen molar-refractivity contribution in [1.29, 1.82) is 0 Å². The summed E-state index contributed by atoms with van der Waals surface area (Å²) in [5.41, 5.74) is 6.14. The Morgan fingerprint density at radius 2 is 1.07 bits per heavy atom. The zero-order valence-corrected chi connectivity index (χ0v) is 7.88. The molecule has 0 aliphatic heterocycles. The fraction of sp³-hybridized carbons (Fsp3) is 0.333. The van der Waals surface area contributed by atoms with Gasteiger partial charge in [0.05, 0.1) is 0 Å². The van der Waals surface area contributed by atoms with Crippen molar-refractivity contribution in [2.24, 2.45) is 0 Å². The lowest BCUT2D eigenvalue weighted by Gasteiger charge is -2.36. The Balaban J connectivity index is 2.07. The van der Waals surface area contributed by atoms with E-state index < -0.39 is 0 Å². The third kappa shape index (κ3) is 0.617. The Morgan fingerprint density at radius 3 is 1.43 bits per heavy atom. The van der Waals surface area contributed by atoms with Gasteiger partial charge in [-0.2, -0.15) is 0 Å². The van der Waals surface area contributed by atoms with E-state index >= 15 is 0 Å². The van der Waals surface area contributed by atoms with E-state index in [-0.39, 0.29) is 0 Å². The third-order valence-electron chi connectivity index (χ3n) is 3.87. The first-order valence-electron chi connectivity index (χ1n) is 5.28. The van der Waals surface area contributed by atoms with E-state index in [0.717, 1.165) is 0 Å². The van der Waals surface area contributed by atoms with Crippen LogP contribution in [0.2, 0.25) is 0 Å². The molecule has 5 rings (SSSR count). The molecule has 0 atom stereocenters. The van der Waals surface area contributed by atoms with Gasteiger partial charge < -0.3 is 9.97 Å². The molecule has 14 heavy (non-hydrogen) atoms. The molecule has 0 fully saturated rings. The topological polar surface area (TPSA) is 31.6 Å². The fourth-order valence-corrected chi connectivity index (χ4v) is 3.27. The van der Waals surface area contributed by atoms with Crippen molar-refractivity contribution >= 4 is 0 Å². The summed E-state index contributed by atoms with van der Waals surface area (Å²) in [6.07, 6.45) is 11.4. The highest BCUT2D eigenvalue weighted by atomic mass is 14.7. The number of hydrogen-bond donors (Lipinski definition) is 2. The molecule has 0 amide bonds. The molecular formula is C12H12N2. The molecule has 3 aliphatic rings. The summed E-state index contributed by atoms with van der Waals surface area (Å²) in [7, 11) is 0. The molecule has 0 saturated carbocycles. The van der Waals surface area contributed by atoms with E-state index in [9.17, 15) is 0 Å². The molecule has 0 saturated heterocycles. The maximum absolute atomic E-state index is 3.26. The van der Waals surface area contributed by atoms with Gasteiger partial charge in [-0.1, -0.05) is 0 Å². The van der Waals surface area contributed by atoms with Gasteiger partial charge in [0, 0.05) is 36.6 Å². The molecular weight excluding hydrogens is 172 g/mol. The van der Waals surface area contributed by atoms with Crippen molar-refractivity contribution in [2.75, 3.05) is 0 Å². The molecule has 70 valence electrons. The van der Waals surface area contributed by atoms with E-state index in [4.69, 9.17) is 0 Å². The number of fused-ring (bicyclic) bond motifs is 1. The zero-order valence-electron chi connectivity index (χ0n) is 7.88. The molecule has 2 bridgehead atoms. The molecule has 2 aromatic heterocycles. The molecule has 2 N–H and O–H groups in total. The highest BCUT2D eigenvalue weighted by molar-refractivity contribution is 5.53. The standard InChI is InChI=1S/C12H12N2/c1-2-8-11-5-13-3-9(11)7(1)10-4-14-6-12(8)10/h3-8,13-14H,1-2H2. The minimum absolute atomic E-state index is 0.655. The molecule has 0 spiro atoms. The van der Waals surface area contributed by atoms with Crippen LogP contribution < -0.4 is 0 Å². The molecule has 0 unspecified atom stereocenters. The number of H-pyrrole nitrogens is 2. The van der Waals surface area contributed by atoms with Crippen LogP contribution >= 0.6 is 0 Å². The Labute approximate surface area is 82.4 Å². The van der Waals surface area contributed by atoms with Gasteiger partial charge in [-0.25, -0.2) is 0 Å². The summed E-state index contributed by atoms with van der Waals surface area (Å²) in [6.45, 7) is 0. The van der Waals surface area contributed by atoms with Crippen LogP contribution in [0.4, 0.5) is 0 Å². The molecule has 0 aromatic carbocycles. The number of hydrogen-bond acceptors (Lipinski definition) is 0. The number of aromatic nitrogens is 2. The highest BCUT2D eigenvalue weighted by Crippen LogP contribution is 2.52. The second kappa shape index (κ2) is 2.14. The maximum atomic E-state index is 3.26. The quantitative estimate of drug-likeness (QED) is 0.631. The Kier molecular flexibility index (Phi) is 1.06. The molecule has 3 aliphatic carbocycles. The molecule has 0 radical (unpaired) electrons. The van der Waals surface area contributed by atoms with E-state index in [1.807, 2.05) is 0 Å². The Hall–Kier alpha value is -1.44. The first-order valence-corrected chi connectivity index (χ1v) is 5.28. The van der Waals surface area contributed by atoms with Gasteiger partial charge in [-0.05, 0) is 35.1 Å². The number of nitrogens with one attached hydrogen (secondary N) is 2. The normalized spacial score (nSPS) is 27.4. The lowest BCUT2D eigenvalue weighted by molar-refractivity contribution is 0.526. The second-order valence-corrected chi connectivity index (χ2v) is 4.41. The number of aromatic amines is 2. The monoisotopic (exact) mass is 184 g/mol. The van der Waals surface area contributed by atoms with Gasteiger partial charge in [0.2, 0.25) is 0 Å². The fourth-order valence-electron chi connectivity index (χ4n) is 3.27. The van der Waals surface area contributed by atoms with Crippen LogP contribution in [0, 0.1) is 0 Å². The first kappa shape index (κ1) is 6.93. The van der Waals surface area contributed by atoms with Gasteiger partial charge >= 0.3 is 0 Å². The van der Waals surface area contributed by atoms with Crippen molar-refractivity contribution in [3.8, 4) is 0 Å². The van der Waals surface area contributed by atoms with Crippen LogP contribution in [0.1, 0.15) is 46.9 Å². The minimum Gasteiger partial charge on any atom is -0.367 e. The summed E-state index contributed by atoms with van der Waals surface area (Å²) in [5, 5.41) is 0. The third-order valence-corrected chi connectivity index (χ3v) is 3.87. The lowest BCUT2D eigenvalue weighted by atomic mass is 9.67. The van der Waals surface area contributed by atoms with Crippen LogP contribution in [-0.2, 0) is 0 Å². The van der Waals surface area contributed by atoms with Crippen molar-refractivity contribution < 1.29 is 0 Å². The van der Waals surface area contributed by atoms with E-state index in [0.29, 0.717) is 11.8 Å². The van der Waals surface area contributed by atoms with Gasteiger partial charge in [0.15, 0.2) is 0 Å². The van der Waals surface area contributed by atoms with Gasteiger partial charge in [0.1, 0.15) is 0 Å². The van der Waals surface area contributed by atoms with Crippen molar-refractivity contribution in [1.82, 2.24) is 9.97 Å². The average Bonchev–Trinajstić information content (AvgIpc) is 2.88. The molecule has 2 heterocycles. The van der Waals surface area contributed by atoms with E-state index in [2.05, 4.69) is 34.8 Å². The molecule has 2 heteroatoms. The minimum atomic E-state index is 0.655. The highest BCUT2D eigenvalue weighted by Gasteiger charge is 2.38. The van der Waals surface area contributed by atoms with Gasteiger partial charge in [-0.15, -0.1) is 0 Å². The number of rotatable bonds is 0. The smallest absolute Gasteiger partial charge is 0.0125 e. The zero-order chi connectivity index (χ0) is 9.12. The van der Waals surface area contributed by atoms with Gasteiger partial charge in [0.25, 0.3) is 0 Å². The van der Waals surface area contributed by atoms with E-state index in [1.165, 1.54) is 35.1 Å². The average molecular weight is 184 g/mol. The Morgan fingerprint density at radius 1 is 0.714 bits per heavy atom. The molecule has 2 nitrogen and oxygen atoms in total. The largest absolute Gasteiger partial charge is 0.367 e. The van der Waals surface area contributed by atoms with E-state index in [1.54, 1.807) is 0 Å². The predicted octanol–water partition coefficient (Wildman–Crippen LogP) is 2.71. The predicted molar refractivity (Wildman–Crippen MR) is 54.5 cm³/mol. The van der Waals surface area contributed by atoms with Gasteiger partial charge in [-0.3, -0.25) is 0 Å². The maximum Gasteiger partial charge on any atom is 0.0125 e. The summed E-state index contributed by atoms with van der Waals surface area (Å²) < 4.78 is 0.